The number of anilines is 1. The number of fused-ring (bicyclic) bond motifs is 2. The monoisotopic (exact) mass is 517 g/mol. The molecule has 0 spiro atoms. The molecule has 2 N–H and O–H groups in total. The van der Waals surface area contributed by atoms with Gasteiger partial charge in [0.1, 0.15) is 5.82 Å². The molecule has 0 saturated carbocycles. The van der Waals surface area contributed by atoms with Gasteiger partial charge < -0.3 is 9.88 Å². The first-order chi connectivity index (χ1) is 17.8. The molecule has 0 aromatic heterocycles. The minimum Gasteiger partial charge on any atom is -0.322 e. The number of aromatic amines is 1. The van der Waals surface area contributed by atoms with Gasteiger partial charge in [0.25, 0.3) is 11.5 Å². The maximum atomic E-state index is 13.3. The lowest BCUT2D eigenvalue weighted by molar-refractivity contribution is 0.102. The third-order valence-electron chi connectivity index (χ3n) is 6.07. The van der Waals surface area contributed by atoms with E-state index in [1.165, 1.54) is 24.3 Å². The maximum Gasteiger partial charge on any atom is 0.349 e. The maximum absolute atomic E-state index is 13.3. The van der Waals surface area contributed by atoms with Crippen molar-refractivity contribution in [2.24, 2.45) is 0 Å². The molecule has 0 aliphatic carbocycles. The first-order valence-electron chi connectivity index (χ1n) is 11.5. The van der Waals surface area contributed by atoms with E-state index in [1.54, 1.807) is 23.6 Å². The summed E-state index contributed by atoms with van der Waals surface area (Å²) in [6, 6.07) is 16.3. The second-order valence-corrected chi connectivity index (χ2v) is 9.09. The van der Waals surface area contributed by atoms with Gasteiger partial charge in [-0.3, -0.25) is 14.6 Å². The molecule has 8 nitrogen and oxygen atoms in total. The van der Waals surface area contributed by atoms with Crippen molar-refractivity contribution in [3.05, 3.63) is 109 Å². The van der Waals surface area contributed by atoms with Gasteiger partial charge in [-0.2, -0.15) is 4.98 Å². The molecule has 2 heterocycles. The topological polar surface area (TPSA) is 110 Å². The fraction of sp³-hybridized carbons (Fsp3) is 0.148. The lowest BCUT2D eigenvalue weighted by Crippen LogP contribution is -2.29. The summed E-state index contributed by atoms with van der Waals surface area (Å²) in [7, 11) is 0. The number of nitrogens with zero attached hydrogens (tertiary/aromatic N) is 3. The molecule has 3 aromatic rings. The van der Waals surface area contributed by atoms with Crippen LogP contribution in [0.4, 0.5) is 10.1 Å². The highest BCUT2D eigenvalue weighted by atomic mass is 35.5. The van der Waals surface area contributed by atoms with E-state index < -0.39 is 23.0 Å². The first kappa shape index (κ1) is 24.3. The molecule has 5 rings (SSSR count). The number of carbonyl (C=O) groups is 1. The molecular formula is C27H21ClFN5O3. The van der Waals surface area contributed by atoms with Gasteiger partial charge >= 0.3 is 5.69 Å². The van der Waals surface area contributed by atoms with Crippen molar-refractivity contribution in [2.75, 3.05) is 5.32 Å². The Hall–Kier alpha value is -4.37. The van der Waals surface area contributed by atoms with E-state index in [0.29, 0.717) is 45.8 Å². The van der Waals surface area contributed by atoms with Crippen molar-refractivity contribution in [1.82, 2.24) is 19.5 Å². The van der Waals surface area contributed by atoms with Crippen LogP contribution in [0.25, 0.3) is 22.6 Å². The average Bonchev–Trinajstić information content (AvgIpc) is 2.86. The number of nitrogens with one attached hydrogen (secondary N) is 2. The lowest BCUT2D eigenvalue weighted by atomic mass is 10.1. The van der Waals surface area contributed by atoms with Crippen LogP contribution in [-0.2, 0) is 13.0 Å². The fourth-order valence-corrected chi connectivity index (χ4v) is 4.32. The summed E-state index contributed by atoms with van der Waals surface area (Å²) in [4.78, 5) is 48.1. The van der Waals surface area contributed by atoms with E-state index in [0.717, 1.165) is 12.0 Å². The summed E-state index contributed by atoms with van der Waals surface area (Å²) in [5.74, 6) is -0.671. The van der Waals surface area contributed by atoms with Crippen LogP contribution in [-0.4, -0.2) is 25.4 Å². The molecule has 0 radical (unpaired) electrons. The van der Waals surface area contributed by atoms with Crippen molar-refractivity contribution in [3.63, 3.8) is 0 Å². The number of amides is 1. The van der Waals surface area contributed by atoms with E-state index >= 15 is 0 Å². The van der Waals surface area contributed by atoms with Crippen molar-refractivity contribution in [2.45, 2.75) is 26.3 Å². The molecule has 2 aliphatic heterocycles. The summed E-state index contributed by atoms with van der Waals surface area (Å²) >= 11 is 5.98. The smallest absolute Gasteiger partial charge is 0.322 e. The highest BCUT2D eigenvalue weighted by Crippen LogP contribution is 2.27. The van der Waals surface area contributed by atoms with E-state index in [-0.39, 0.29) is 11.5 Å². The molecule has 0 unspecified atom stereocenters. The molecule has 0 saturated heterocycles. The lowest BCUT2D eigenvalue weighted by Gasteiger charge is -2.18. The predicted molar refractivity (Wildman–Crippen MR) is 140 cm³/mol. The molecule has 1 amide bonds. The number of benzene rings is 3. The van der Waals surface area contributed by atoms with Gasteiger partial charge in [-0.05, 0) is 79.4 Å². The third-order valence-corrected chi connectivity index (χ3v) is 6.32. The number of halogens is 2. The van der Waals surface area contributed by atoms with Crippen molar-refractivity contribution >= 4 is 34.2 Å². The third kappa shape index (κ3) is 5.12. The Morgan fingerprint density at radius 3 is 2.51 bits per heavy atom. The molecule has 3 aromatic carbocycles. The Labute approximate surface area is 215 Å². The average molecular weight is 518 g/mol. The van der Waals surface area contributed by atoms with Gasteiger partial charge in [-0.15, -0.1) is 0 Å². The zero-order chi connectivity index (χ0) is 26.1. The Morgan fingerprint density at radius 1 is 1.05 bits per heavy atom. The van der Waals surface area contributed by atoms with Crippen LogP contribution in [0.15, 0.2) is 70.3 Å². The Morgan fingerprint density at radius 2 is 1.78 bits per heavy atom. The normalized spacial score (nSPS) is 11.2. The van der Waals surface area contributed by atoms with Crippen LogP contribution >= 0.6 is 11.6 Å². The molecule has 186 valence electrons. The number of hydrogen-bond acceptors (Lipinski definition) is 5. The highest BCUT2D eigenvalue weighted by Gasteiger charge is 2.20. The zero-order valence-electron chi connectivity index (χ0n) is 19.7. The van der Waals surface area contributed by atoms with Gasteiger partial charge in [-0.25, -0.2) is 14.2 Å². The van der Waals surface area contributed by atoms with Gasteiger partial charge in [-0.1, -0.05) is 23.7 Å². The van der Waals surface area contributed by atoms with Crippen molar-refractivity contribution < 1.29 is 9.18 Å². The summed E-state index contributed by atoms with van der Waals surface area (Å²) < 4.78 is 15.0. The molecule has 0 fully saturated rings. The number of aryl methyl sites for hydroxylation is 3. The van der Waals surface area contributed by atoms with Crippen LogP contribution in [0.3, 0.4) is 0 Å². The molecular weight excluding hydrogens is 497 g/mol. The van der Waals surface area contributed by atoms with Crippen LogP contribution in [0, 0.1) is 12.7 Å². The number of rotatable bonds is 6. The molecule has 10 heteroatoms. The molecule has 0 atom stereocenters. The van der Waals surface area contributed by atoms with Gasteiger partial charge in [0.15, 0.2) is 11.5 Å². The van der Waals surface area contributed by atoms with Crippen LogP contribution in [0.5, 0.6) is 0 Å². The van der Waals surface area contributed by atoms with Crippen molar-refractivity contribution in [1.29, 1.82) is 0 Å². The second-order valence-electron chi connectivity index (χ2n) is 8.65. The second kappa shape index (κ2) is 9.94. The Kier molecular flexibility index (Phi) is 6.54. The van der Waals surface area contributed by atoms with Crippen molar-refractivity contribution in [3.8, 4) is 11.5 Å². The van der Waals surface area contributed by atoms with Crippen LogP contribution in [0.1, 0.15) is 27.9 Å². The number of H-pyrrole nitrogens is 1. The number of hydrogen-bond donors (Lipinski definition) is 2. The number of aromatic nitrogens is 4. The summed E-state index contributed by atoms with van der Waals surface area (Å²) in [5, 5.41) is 3.51. The van der Waals surface area contributed by atoms with E-state index in [1.807, 2.05) is 24.3 Å². The largest absolute Gasteiger partial charge is 0.349 e. The Balaban J connectivity index is 1.57. The zero-order valence-corrected chi connectivity index (χ0v) is 20.5. The standard InChI is InChI=1S/C27H21ClFN5O3/c1-15-13-21-22(14-20(15)31-25(35)17-6-10-19(29)11-7-17)34(12-2-3-16-4-8-18(28)9-5-16)24-23(30-21)26(36)33-27(37)32-24/h4-11,13-14H,2-3,12H2,1H3,(H,31,35)(H,33,36,37). The SMILES string of the molecule is Cc1cc2nc3c(=O)[nH]c(=O)nc-3n(CCCc3ccc(Cl)cc3)c2cc1NC(=O)c1ccc(F)cc1. The van der Waals surface area contributed by atoms with E-state index in [9.17, 15) is 18.8 Å². The van der Waals surface area contributed by atoms with Gasteiger partial charge in [0, 0.05) is 22.8 Å². The molecule has 0 bridgehead atoms. The highest BCUT2D eigenvalue weighted by molar-refractivity contribution is 6.30. The number of carbonyl (C=O) groups excluding carboxylic acids is 1. The predicted octanol–water partition coefficient (Wildman–Crippen LogP) is 4.57. The minimum absolute atomic E-state index is 0.0566. The fourth-order valence-electron chi connectivity index (χ4n) is 4.19. The minimum atomic E-state index is -0.762. The molecule has 37 heavy (non-hydrogen) atoms. The summed E-state index contributed by atoms with van der Waals surface area (Å²) in [6.07, 6.45) is 1.40. The van der Waals surface area contributed by atoms with Crippen LogP contribution < -0.4 is 16.6 Å². The van der Waals surface area contributed by atoms with Crippen LogP contribution in [0.2, 0.25) is 5.02 Å². The van der Waals surface area contributed by atoms with E-state index in [4.69, 9.17) is 11.6 Å². The van der Waals surface area contributed by atoms with E-state index in [2.05, 4.69) is 20.3 Å². The molecule has 2 aliphatic rings. The summed E-state index contributed by atoms with van der Waals surface area (Å²) in [5.41, 5.74) is 2.42. The van der Waals surface area contributed by atoms with Gasteiger partial charge in [0.05, 0.1) is 11.0 Å². The Bertz CT molecular complexity index is 1710. The quantitative estimate of drug-likeness (QED) is 0.321. The first-order valence-corrected chi connectivity index (χ1v) is 11.9. The summed E-state index contributed by atoms with van der Waals surface area (Å²) in [6.45, 7) is 2.24. The van der Waals surface area contributed by atoms with Gasteiger partial charge in [0.2, 0.25) is 0 Å².